The summed E-state index contributed by atoms with van der Waals surface area (Å²) in [6.45, 7) is 0.734. The lowest BCUT2D eigenvalue weighted by Crippen LogP contribution is -2.48. The van der Waals surface area contributed by atoms with E-state index in [4.69, 9.17) is 9.47 Å². The molecule has 0 radical (unpaired) electrons. The molecule has 2 rings (SSSR count). The van der Waals surface area contributed by atoms with E-state index in [0.717, 1.165) is 0 Å². The van der Waals surface area contributed by atoms with Gasteiger partial charge < -0.3 is 19.4 Å². The third-order valence-corrected chi connectivity index (χ3v) is 5.13. The number of sulfonamides is 1. The Bertz CT molecular complexity index is 646. The van der Waals surface area contributed by atoms with E-state index < -0.39 is 22.0 Å². The lowest BCUT2D eigenvalue weighted by Gasteiger charge is -2.21. The molecule has 1 aromatic carbocycles. The Morgan fingerprint density at radius 2 is 2.05 bits per heavy atom. The van der Waals surface area contributed by atoms with Crippen LogP contribution < -0.4 is 19.3 Å². The molecule has 1 aliphatic heterocycles. The van der Waals surface area contributed by atoms with Crippen molar-refractivity contribution in [3.05, 3.63) is 18.2 Å². The number of hydrogen-bond donors (Lipinski definition) is 1. The number of benzene rings is 1. The molecule has 9 heteroatoms. The number of thioether (sulfide) groups is 1. The zero-order chi connectivity index (χ0) is 16.2. The summed E-state index contributed by atoms with van der Waals surface area (Å²) in [5, 5.41) is 11.1. The van der Waals surface area contributed by atoms with Crippen molar-refractivity contribution in [1.29, 1.82) is 0 Å². The van der Waals surface area contributed by atoms with Gasteiger partial charge in [0.15, 0.2) is 11.5 Å². The number of carboxylic acid groups (broad SMARTS) is 1. The van der Waals surface area contributed by atoms with Crippen molar-refractivity contribution in [1.82, 2.24) is 4.72 Å². The molecule has 0 fully saturated rings. The van der Waals surface area contributed by atoms with Gasteiger partial charge in [0.25, 0.3) is 0 Å². The molecule has 7 nitrogen and oxygen atoms in total. The Morgan fingerprint density at radius 1 is 1.36 bits per heavy atom. The molecule has 22 heavy (non-hydrogen) atoms. The molecule has 1 aliphatic rings. The standard InChI is InChI=1S/C13H17NO6S2/c1-21-7-4-10(13(15)16)14-22(17,18)9-2-3-11-12(8-9)20-6-5-19-11/h2-3,8,10,14H,4-7H2,1H3,(H,15,16)/p-1/t10-/m0/s1. The van der Waals surface area contributed by atoms with E-state index >= 15 is 0 Å². The number of rotatable bonds is 7. The number of carbonyl (C=O) groups is 1. The average Bonchev–Trinajstić information content (AvgIpc) is 2.50. The molecule has 1 N–H and O–H groups in total. The molecule has 0 aromatic heterocycles. The SMILES string of the molecule is CSCC[C@H](NS(=O)(=O)c1ccc2c(c1)OCCO2)C(=O)[O-]. The topological polar surface area (TPSA) is 105 Å². The zero-order valence-electron chi connectivity index (χ0n) is 11.9. The second-order valence-corrected chi connectivity index (χ2v) is 7.28. The van der Waals surface area contributed by atoms with Crippen LogP contribution in [0.5, 0.6) is 11.5 Å². The van der Waals surface area contributed by atoms with Crippen molar-refractivity contribution in [3.63, 3.8) is 0 Å². The van der Waals surface area contributed by atoms with Crippen LogP contribution in [0.3, 0.4) is 0 Å². The maximum Gasteiger partial charge on any atom is 0.241 e. The van der Waals surface area contributed by atoms with Gasteiger partial charge in [-0.3, -0.25) is 0 Å². The first-order chi connectivity index (χ1) is 10.4. The first-order valence-electron chi connectivity index (χ1n) is 6.56. The van der Waals surface area contributed by atoms with E-state index in [9.17, 15) is 18.3 Å². The van der Waals surface area contributed by atoms with Crippen LogP contribution in [-0.4, -0.2) is 45.7 Å². The Labute approximate surface area is 133 Å². The number of carboxylic acids is 1. The molecule has 0 amide bonds. The van der Waals surface area contributed by atoms with E-state index in [-0.39, 0.29) is 11.3 Å². The summed E-state index contributed by atoms with van der Waals surface area (Å²) in [5.41, 5.74) is 0. The van der Waals surface area contributed by atoms with Crippen LogP contribution >= 0.6 is 11.8 Å². The highest BCUT2D eigenvalue weighted by molar-refractivity contribution is 7.98. The minimum absolute atomic E-state index is 0.0767. The Hall–Kier alpha value is -1.45. The van der Waals surface area contributed by atoms with Gasteiger partial charge in [-0.25, -0.2) is 13.1 Å². The van der Waals surface area contributed by atoms with Crippen molar-refractivity contribution >= 4 is 27.8 Å². The van der Waals surface area contributed by atoms with Crippen molar-refractivity contribution < 1.29 is 27.8 Å². The van der Waals surface area contributed by atoms with Crippen molar-refractivity contribution in [2.45, 2.75) is 17.4 Å². The molecule has 1 aromatic rings. The van der Waals surface area contributed by atoms with Gasteiger partial charge in [0.2, 0.25) is 10.0 Å². The number of aliphatic carboxylic acids is 1. The van der Waals surface area contributed by atoms with E-state index in [0.29, 0.717) is 30.5 Å². The molecule has 0 saturated heterocycles. The number of ether oxygens (including phenoxy) is 2. The molecular formula is C13H16NO6S2-. The summed E-state index contributed by atoms with van der Waals surface area (Å²) >= 11 is 1.43. The monoisotopic (exact) mass is 346 g/mol. The third-order valence-electron chi connectivity index (χ3n) is 3.02. The molecule has 1 heterocycles. The van der Waals surface area contributed by atoms with Crippen LogP contribution in [0.25, 0.3) is 0 Å². The highest BCUT2D eigenvalue weighted by atomic mass is 32.2. The van der Waals surface area contributed by atoms with Crippen molar-refractivity contribution in [2.24, 2.45) is 0 Å². The Kier molecular flexibility index (Phi) is 5.54. The number of carbonyl (C=O) groups excluding carboxylic acids is 1. The van der Waals surface area contributed by atoms with Gasteiger partial charge in [-0.15, -0.1) is 0 Å². The molecule has 0 aliphatic carbocycles. The van der Waals surface area contributed by atoms with Gasteiger partial charge in [-0.1, -0.05) is 0 Å². The normalized spacial score (nSPS) is 15.3. The van der Waals surface area contributed by atoms with Crippen molar-refractivity contribution in [3.8, 4) is 11.5 Å². The Balaban J connectivity index is 2.20. The molecule has 1 atom stereocenters. The van der Waals surface area contributed by atoms with E-state index in [1.54, 1.807) is 0 Å². The van der Waals surface area contributed by atoms with Gasteiger partial charge in [-0.05, 0) is 30.6 Å². The maximum absolute atomic E-state index is 12.3. The van der Waals surface area contributed by atoms with Gasteiger partial charge in [0, 0.05) is 6.07 Å². The summed E-state index contributed by atoms with van der Waals surface area (Å²) in [5.74, 6) is -0.162. The van der Waals surface area contributed by atoms with Gasteiger partial charge in [0.1, 0.15) is 13.2 Å². The minimum Gasteiger partial charge on any atom is -0.548 e. The fraction of sp³-hybridized carbons (Fsp3) is 0.462. The lowest BCUT2D eigenvalue weighted by atomic mass is 10.2. The third kappa shape index (κ3) is 4.05. The Morgan fingerprint density at radius 3 is 2.68 bits per heavy atom. The maximum atomic E-state index is 12.3. The average molecular weight is 346 g/mol. The quantitative estimate of drug-likeness (QED) is 0.717. The predicted octanol–water partition coefficient (Wildman–Crippen LogP) is -0.392. The lowest BCUT2D eigenvalue weighted by molar-refractivity contribution is -0.308. The van der Waals surface area contributed by atoms with Gasteiger partial charge in [-0.2, -0.15) is 11.8 Å². The summed E-state index contributed by atoms with van der Waals surface area (Å²) in [4.78, 5) is 11.0. The van der Waals surface area contributed by atoms with E-state index in [1.807, 2.05) is 6.26 Å². The molecule has 122 valence electrons. The minimum atomic E-state index is -3.98. The van der Waals surface area contributed by atoms with Crippen LogP contribution in [0.1, 0.15) is 6.42 Å². The number of nitrogens with one attached hydrogen (secondary N) is 1. The van der Waals surface area contributed by atoms with Gasteiger partial charge in [0.05, 0.1) is 16.9 Å². The first kappa shape index (κ1) is 16.9. The highest BCUT2D eigenvalue weighted by Gasteiger charge is 2.23. The van der Waals surface area contributed by atoms with Crippen LogP contribution in [0, 0.1) is 0 Å². The molecule has 0 bridgehead atoms. The zero-order valence-corrected chi connectivity index (χ0v) is 13.5. The van der Waals surface area contributed by atoms with Crippen LogP contribution in [0.4, 0.5) is 0 Å². The second-order valence-electron chi connectivity index (χ2n) is 4.58. The number of fused-ring (bicyclic) bond motifs is 1. The number of hydrogen-bond acceptors (Lipinski definition) is 7. The van der Waals surface area contributed by atoms with Crippen LogP contribution in [-0.2, 0) is 14.8 Å². The smallest absolute Gasteiger partial charge is 0.241 e. The molecule has 0 spiro atoms. The highest BCUT2D eigenvalue weighted by Crippen LogP contribution is 2.32. The van der Waals surface area contributed by atoms with Crippen LogP contribution in [0.2, 0.25) is 0 Å². The van der Waals surface area contributed by atoms with Crippen molar-refractivity contribution in [2.75, 3.05) is 25.2 Å². The summed E-state index contributed by atoms with van der Waals surface area (Å²) < 4.78 is 37.4. The summed E-state index contributed by atoms with van der Waals surface area (Å²) in [7, 11) is -3.98. The largest absolute Gasteiger partial charge is 0.548 e. The summed E-state index contributed by atoms with van der Waals surface area (Å²) in [6.07, 6.45) is 1.95. The predicted molar refractivity (Wildman–Crippen MR) is 79.5 cm³/mol. The molecular weight excluding hydrogens is 330 g/mol. The fourth-order valence-electron chi connectivity index (χ4n) is 1.91. The van der Waals surface area contributed by atoms with Crippen LogP contribution in [0.15, 0.2) is 23.1 Å². The molecule has 0 saturated carbocycles. The molecule has 0 unspecified atom stereocenters. The summed E-state index contributed by atoms with van der Waals surface area (Å²) in [6, 6.07) is 2.87. The van der Waals surface area contributed by atoms with E-state index in [1.165, 1.54) is 30.0 Å². The van der Waals surface area contributed by atoms with E-state index in [2.05, 4.69) is 4.72 Å². The fourth-order valence-corrected chi connectivity index (χ4v) is 3.61. The second kappa shape index (κ2) is 7.21. The first-order valence-corrected chi connectivity index (χ1v) is 9.43. The van der Waals surface area contributed by atoms with Gasteiger partial charge >= 0.3 is 0 Å².